The SMILES string of the molecule is Cc1ccc(C)c(NC(=O)Cn2ncc([N+](=O)[O-])c2C)c1. The molecular weight excluding hydrogens is 272 g/mol. The Bertz CT molecular complexity index is 706. The third kappa shape index (κ3) is 3.25. The highest BCUT2D eigenvalue weighted by molar-refractivity contribution is 5.91. The largest absolute Gasteiger partial charge is 0.324 e. The molecule has 0 aliphatic heterocycles. The minimum Gasteiger partial charge on any atom is -0.324 e. The third-order valence-corrected chi connectivity index (χ3v) is 3.23. The summed E-state index contributed by atoms with van der Waals surface area (Å²) in [4.78, 5) is 22.3. The van der Waals surface area contributed by atoms with Crippen LogP contribution in [0, 0.1) is 30.9 Å². The first-order valence-corrected chi connectivity index (χ1v) is 6.42. The molecule has 0 saturated carbocycles. The summed E-state index contributed by atoms with van der Waals surface area (Å²) < 4.78 is 1.32. The summed E-state index contributed by atoms with van der Waals surface area (Å²) in [5.41, 5.74) is 3.00. The maximum atomic E-state index is 12.0. The fourth-order valence-electron chi connectivity index (χ4n) is 1.97. The number of aryl methyl sites for hydroxylation is 2. The fraction of sp³-hybridized carbons (Fsp3) is 0.286. The zero-order chi connectivity index (χ0) is 15.6. The molecule has 0 unspecified atom stereocenters. The Morgan fingerprint density at radius 3 is 2.71 bits per heavy atom. The zero-order valence-corrected chi connectivity index (χ0v) is 12.1. The number of hydrogen-bond acceptors (Lipinski definition) is 4. The van der Waals surface area contributed by atoms with Crippen molar-refractivity contribution in [2.75, 3.05) is 5.32 Å². The first-order valence-electron chi connectivity index (χ1n) is 6.42. The first-order chi connectivity index (χ1) is 9.88. The minimum atomic E-state index is -0.512. The van der Waals surface area contributed by atoms with E-state index >= 15 is 0 Å². The predicted molar refractivity (Wildman–Crippen MR) is 78.2 cm³/mol. The summed E-state index contributed by atoms with van der Waals surface area (Å²) >= 11 is 0. The van der Waals surface area contributed by atoms with Gasteiger partial charge in [-0.25, -0.2) is 0 Å². The normalized spacial score (nSPS) is 10.4. The third-order valence-electron chi connectivity index (χ3n) is 3.23. The van der Waals surface area contributed by atoms with Gasteiger partial charge in [0.15, 0.2) is 0 Å². The molecule has 0 fully saturated rings. The van der Waals surface area contributed by atoms with E-state index in [0.717, 1.165) is 23.0 Å². The standard InChI is InChI=1S/C14H16N4O3/c1-9-4-5-10(2)12(6-9)16-14(19)8-17-11(3)13(7-15-17)18(20)21/h4-7H,8H2,1-3H3,(H,16,19). The molecule has 110 valence electrons. The van der Waals surface area contributed by atoms with Crippen LogP contribution in [0.3, 0.4) is 0 Å². The highest BCUT2D eigenvalue weighted by atomic mass is 16.6. The van der Waals surface area contributed by atoms with Crippen LogP contribution in [0.4, 0.5) is 11.4 Å². The van der Waals surface area contributed by atoms with Crippen molar-refractivity contribution in [1.29, 1.82) is 0 Å². The highest BCUT2D eigenvalue weighted by Gasteiger charge is 2.18. The van der Waals surface area contributed by atoms with Crippen molar-refractivity contribution >= 4 is 17.3 Å². The molecule has 7 heteroatoms. The summed E-state index contributed by atoms with van der Waals surface area (Å²) in [6.07, 6.45) is 1.15. The second-order valence-corrected chi connectivity index (χ2v) is 4.90. The van der Waals surface area contributed by atoms with Crippen molar-refractivity contribution in [2.45, 2.75) is 27.3 Å². The van der Waals surface area contributed by atoms with Crippen molar-refractivity contribution < 1.29 is 9.72 Å². The maximum absolute atomic E-state index is 12.0. The van der Waals surface area contributed by atoms with Gasteiger partial charge < -0.3 is 5.32 Å². The van der Waals surface area contributed by atoms with Gasteiger partial charge in [-0.05, 0) is 38.0 Å². The van der Waals surface area contributed by atoms with Crippen molar-refractivity contribution in [2.24, 2.45) is 0 Å². The molecule has 0 saturated heterocycles. The molecular formula is C14H16N4O3. The number of hydrogen-bond donors (Lipinski definition) is 1. The number of nitro groups is 1. The van der Waals surface area contributed by atoms with E-state index in [9.17, 15) is 14.9 Å². The first kappa shape index (κ1) is 14.7. The van der Waals surface area contributed by atoms with Crippen LogP contribution >= 0.6 is 0 Å². The molecule has 1 aromatic carbocycles. The number of benzene rings is 1. The molecule has 7 nitrogen and oxygen atoms in total. The molecule has 1 amide bonds. The molecule has 0 bridgehead atoms. The molecule has 1 N–H and O–H groups in total. The summed E-state index contributed by atoms with van der Waals surface area (Å²) in [6.45, 7) is 5.35. The number of anilines is 1. The van der Waals surface area contributed by atoms with Gasteiger partial charge in [-0.1, -0.05) is 12.1 Å². The number of rotatable bonds is 4. The number of nitrogens with zero attached hydrogens (tertiary/aromatic N) is 3. The van der Waals surface area contributed by atoms with Crippen LogP contribution in [0.15, 0.2) is 24.4 Å². The summed E-state index contributed by atoms with van der Waals surface area (Å²) in [5, 5.41) is 17.4. The van der Waals surface area contributed by atoms with E-state index in [-0.39, 0.29) is 18.1 Å². The lowest BCUT2D eigenvalue weighted by atomic mass is 10.1. The molecule has 0 spiro atoms. The van der Waals surface area contributed by atoms with E-state index < -0.39 is 4.92 Å². The minimum absolute atomic E-state index is 0.0624. The number of aromatic nitrogens is 2. The van der Waals surface area contributed by atoms with E-state index in [4.69, 9.17) is 0 Å². The lowest BCUT2D eigenvalue weighted by molar-refractivity contribution is -0.385. The molecule has 1 aromatic heterocycles. The van der Waals surface area contributed by atoms with Crippen LogP contribution in [-0.2, 0) is 11.3 Å². The van der Waals surface area contributed by atoms with Crippen LogP contribution in [0.1, 0.15) is 16.8 Å². The lowest BCUT2D eigenvalue weighted by Crippen LogP contribution is -2.20. The van der Waals surface area contributed by atoms with Gasteiger partial charge in [0, 0.05) is 5.69 Å². The summed E-state index contributed by atoms with van der Waals surface area (Å²) in [7, 11) is 0. The van der Waals surface area contributed by atoms with Gasteiger partial charge in [0.05, 0.1) is 4.92 Å². The topological polar surface area (TPSA) is 90.1 Å². The molecule has 0 atom stereocenters. The van der Waals surface area contributed by atoms with Gasteiger partial charge in [-0.15, -0.1) is 0 Å². The van der Waals surface area contributed by atoms with Crippen LogP contribution in [-0.4, -0.2) is 20.6 Å². The number of carbonyl (C=O) groups is 1. The highest BCUT2D eigenvalue weighted by Crippen LogP contribution is 2.18. The molecule has 21 heavy (non-hydrogen) atoms. The van der Waals surface area contributed by atoms with Gasteiger partial charge in [0.1, 0.15) is 18.4 Å². The number of amides is 1. The quantitative estimate of drug-likeness (QED) is 0.690. The van der Waals surface area contributed by atoms with Crippen LogP contribution in [0.5, 0.6) is 0 Å². The van der Waals surface area contributed by atoms with E-state index in [1.807, 2.05) is 32.0 Å². The second-order valence-electron chi connectivity index (χ2n) is 4.90. The smallest absolute Gasteiger partial charge is 0.309 e. The van der Waals surface area contributed by atoms with Crippen LogP contribution in [0.2, 0.25) is 0 Å². The summed E-state index contributed by atoms with van der Waals surface area (Å²) in [5.74, 6) is -0.273. The van der Waals surface area contributed by atoms with Crippen LogP contribution < -0.4 is 5.32 Å². The van der Waals surface area contributed by atoms with E-state index in [1.54, 1.807) is 6.92 Å². The monoisotopic (exact) mass is 288 g/mol. The van der Waals surface area contributed by atoms with Crippen LogP contribution in [0.25, 0.3) is 0 Å². The number of nitrogens with one attached hydrogen (secondary N) is 1. The van der Waals surface area contributed by atoms with Gasteiger partial charge in [-0.2, -0.15) is 5.10 Å². The van der Waals surface area contributed by atoms with Crippen molar-refractivity contribution in [3.63, 3.8) is 0 Å². The summed E-state index contributed by atoms with van der Waals surface area (Å²) in [6, 6.07) is 5.77. The van der Waals surface area contributed by atoms with Crippen molar-refractivity contribution in [3.8, 4) is 0 Å². The lowest BCUT2D eigenvalue weighted by Gasteiger charge is -2.10. The Morgan fingerprint density at radius 2 is 2.10 bits per heavy atom. The van der Waals surface area contributed by atoms with Gasteiger partial charge in [0.2, 0.25) is 5.91 Å². The second kappa shape index (κ2) is 5.74. The van der Waals surface area contributed by atoms with E-state index in [1.165, 1.54) is 4.68 Å². The van der Waals surface area contributed by atoms with Crippen molar-refractivity contribution in [3.05, 3.63) is 51.3 Å². The number of carbonyl (C=O) groups excluding carboxylic acids is 1. The maximum Gasteiger partial charge on any atom is 0.309 e. The van der Waals surface area contributed by atoms with Gasteiger partial charge in [0.25, 0.3) is 0 Å². The molecule has 1 heterocycles. The van der Waals surface area contributed by atoms with Crippen molar-refractivity contribution in [1.82, 2.24) is 9.78 Å². The predicted octanol–water partition coefficient (Wildman–Crippen LogP) is 2.36. The Morgan fingerprint density at radius 1 is 1.38 bits per heavy atom. The Labute approximate surface area is 121 Å². The molecule has 0 radical (unpaired) electrons. The average molecular weight is 288 g/mol. The molecule has 2 aromatic rings. The Hall–Kier alpha value is -2.70. The molecule has 0 aliphatic carbocycles. The van der Waals surface area contributed by atoms with Gasteiger partial charge in [-0.3, -0.25) is 19.6 Å². The van der Waals surface area contributed by atoms with E-state index in [2.05, 4.69) is 10.4 Å². The average Bonchev–Trinajstić information content (AvgIpc) is 2.75. The van der Waals surface area contributed by atoms with E-state index in [0.29, 0.717) is 5.69 Å². The molecule has 2 rings (SSSR count). The Kier molecular flexibility index (Phi) is 4.02. The van der Waals surface area contributed by atoms with Gasteiger partial charge >= 0.3 is 5.69 Å². The zero-order valence-electron chi connectivity index (χ0n) is 12.1. The fourth-order valence-corrected chi connectivity index (χ4v) is 1.97. The Balaban J connectivity index is 2.12. The molecule has 0 aliphatic rings.